The van der Waals surface area contributed by atoms with Gasteiger partial charge in [-0.15, -0.1) is 0 Å². The van der Waals surface area contributed by atoms with Gasteiger partial charge in [0.15, 0.2) is 0 Å². The molecule has 2 N–H and O–H groups in total. The highest BCUT2D eigenvalue weighted by Gasteiger charge is 2.43. The molecule has 0 aromatic heterocycles. The van der Waals surface area contributed by atoms with Crippen LogP contribution < -0.4 is 14.9 Å². The van der Waals surface area contributed by atoms with Crippen molar-refractivity contribution >= 4 is 33.2 Å². The van der Waals surface area contributed by atoms with Crippen molar-refractivity contribution in [2.75, 3.05) is 9.62 Å². The highest BCUT2D eigenvalue weighted by atomic mass is 32.2. The number of alkyl halides is 3. The fraction of sp³-hybridized carbons (Fsp3) is 0.259. The molecule has 1 heterocycles. The second-order valence-corrected chi connectivity index (χ2v) is 11.0. The quantitative estimate of drug-likeness (QED) is 0.463. The maximum atomic E-state index is 14.1. The zero-order valence-electron chi connectivity index (χ0n) is 20.9. The summed E-state index contributed by atoms with van der Waals surface area (Å²) < 4.78 is 67.5. The van der Waals surface area contributed by atoms with E-state index < -0.39 is 46.0 Å². The van der Waals surface area contributed by atoms with Crippen LogP contribution in [0, 0.1) is 20.8 Å². The molecule has 0 bridgehead atoms. The van der Waals surface area contributed by atoms with E-state index in [4.69, 9.17) is 0 Å². The number of amides is 2. The van der Waals surface area contributed by atoms with Crippen molar-refractivity contribution in [1.29, 1.82) is 0 Å². The van der Waals surface area contributed by atoms with Gasteiger partial charge in [-0.25, -0.2) is 8.42 Å². The summed E-state index contributed by atoms with van der Waals surface area (Å²) in [6.45, 7) is 5.11. The number of aryl methyl sites for hydroxylation is 3. The van der Waals surface area contributed by atoms with Gasteiger partial charge < -0.3 is 10.6 Å². The number of halogens is 3. The fourth-order valence-corrected chi connectivity index (χ4v) is 6.72. The second kappa shape index (κ2) is 10.1. The topological polar surface area (TPSA) is 95.6 Å². The first-order valence-electron chi connectivity index (χ1n) is 11.7. The fourth-order valence-electron chi connectivity index (χ4n) is 4.67. The minimum Gasteiger partial charge on any atom is -0.352 e. The number of hydrogen-bond acceptors (Lipinski definition) is 4. The van der Waals surface area contributed by atoms with Gasteiger partial charge in [-0.1, -0.05) is 42.0 Å². The Balaban J connectivity index is 1.63. The number of nitrogens with zero attached hydrogens (tertiary/aromatic N) is 1. The van der Waals surface area contributed by atoms with E-state index in [1.54, 1.807) is 50.2 Å². The molecule has 1 aliphatic rings. The highest BCUT2D eigenvalue weighted by Crippen LogP contribution is 2.38. The van der Waals surface area contributed by atoms with Gasteiger partial charge in [0.25, 0.3) is 10.0 Å². The van der Waals surface area contributed by atoms with Crippen LogP contribution in [0.3, 0.4) is 0 Å². The molecular weight excluding hydrogens is 519 g/mol. The Morgan fingerprint density at radius 1 is 1.00 bits per heavy atom. The summed E-state index contributed by atoms with van der Waals surface area (Å²) in [6.07, 6.45) is -4.97. The van der Waals surface area contributed by atoms with E-state index in [-0.39, 0.29) is 17.1 Å². The lowest BCUT2D eigenvalue weighted by Gasteiger charge is -2.37. The van der Waals surface area contributed by atoms with Gasteiger partial charge in [0, 0.05) is 6.54 Å². The molecule has 0 saturated carbocycles. The maximum absolute atomic E-state index is 14.1. The predicted molar refractivity (Wildman–Crippen MR) is 137 cm³/mol. The number of carbonyl (C=O) groups is 2. The molecular formula is C27H26F3N3O4S. The monoisotopic (exact) mass is 545 g/mol. The van der Waals surface area contributed by atoms with Crippen molar-refractivity contribution in [3.8, 4) is 0 Å². The summed E-state index contributed by atoms with van der Waals surface area (Å²) in [5.41, 5.74) is 2.03. The summed E-state index contributed by atoms with van der Waals surface area (Å²) in [5, 5.41) is 5.24. The van der Waals surface area contributed by atoms with E-state index in [0.29, 0.717) is 22.4 Å². The predicted octanol–water partition coefficient (Wildman–Crippen LogP) is 4.85. The molecule has 4 rings (SSSR count). The van der Waals surface area contributed by atoms with Gasteiger partial charge in [-0.3, -0.25) is 13.9 Å². The summed E-state index contributed by atoms with van der Waals surface area (Å²) in [6, 6.07) is 12.8. The summed E-state index contributed by atoms with van der Waals surface area (Å²) in [7, 11) is -4.28. The molecule has 0 fully saturated rings. The van der Waals surface area contributed by atoms with Gasteiger partial charge in [0.05, 0.1) is 28.3 Å². The average molecular weight is 546 g/mol. The van der Waals surface area contributed by atoms with Crippen molar-refractivity contribution in [3.63, 3.8) is 0 Å². The Labute approximate surface area is 218 Å². The van der Waals surface area contributed by atoms with Crippen molar-refractivity contribution in [3.05, 3.63) is 88.5 Å². The Morgan fingerprint density at radius 2 is 1.61 bits per heavy atom. The Hall–Kier alpha value is -3.86. The van der Waals surface area contributed by atoms with E-state index in [9.17, 15) is 31.2 Å². The number of carbonyl (C=O) groups excluding carboxylic acids is 2. The number of anilines is 2. The zero-order chi connectivity index (χ0) is 27.8. The lowest BCUT2D eigenvalue weighted by Crippen LogP contribution is -2.53. The van der Waals surface area contributed by atoms with Crippen LogP contribution in [0.25, 0.3) is 0 Å². The molecule has 3 aromatic rings. The SMILES string of the molecule is Cc1cc(C)c(S(=O)(=O)N2c3ccccc3NC(=O)C2CC(=O)NCc2ccc(C(F)(F)F)cc2)c(C)c1. The minimum absolute atomic E-state index is 0.0581. The van der Waals surface area contributed by atoms with Crippen LogP contribution in [0.4, 0.5) is 24.5 Å². The molecule has 1 atom stereocenters. The number of nitrogens with one attached hydrogen (secondary N) is 2. The molecule has 11 heteroatoms. The van der Waals surface area contributed by atoms with Gasteiger partial charge in [0.1, 0.15) is 6.04 Å². The lowest BCUT2D eigenvalue weighted by molar-refractivity contribution is -0.137. The van der Waals surface area contributed by atoms with E-state index >= 15 is 0 Å². The smallest absolute Gasteiger partial charge is 0.352 e. The summed E-state index contributed by atoms with van der Waals surface area (Å²) >= 11 is 0. The number of para-hydroxylation sites is 2. The molecule has 200 valence electrons. The Kier molecular flexibility index (Phi) is 7.24. The van der Waals surface area contributed by atoms with Crippen LogP contribution in [-0.2, 0) is 32.3 Å². The van der Waals surface area contributed by atoms with Crippen LogP contribution in [-0.4, -0.2) is 26.3 Å². The van der Waals surface area contributed by atoms with Gasteiger partial charge in [-0.2, -0.15) is 13.2 Å². The molecule has 0 radical (unpaired) electrons. The largest absolute Gasteiger partial charge is 0.416 e. The lowest BCUT2D eigenvalue weighted by atomic mass is 10.1. The van der Waals surface area contributed by atoms with E-state index in [2.05, 4.69) is 10.6 Å². The Bertz CT molecular complexity index is 1480. The van der Waals surface area contributed by atoms with Crippen molar-refractivity contribution in [2.24, 2.45) is 0 Å². The summed E-state index contributed by atoms with van der Waals surface area (Å²) in [4.78, 5) is 26.0. The first-order chi connectivity index (χ1) is 17.8. The third-order valence-electron chi connectivity index (χ3n) is 6.26. The van der Waals surface area contributed by atoms with Gasteiger partial charge in [-0.05, 0) is 61.7 Å². The third kappa shape index (κ3) is 5.38. The number of fused-ring (bicyclic) bond motifs is 1. The molecule has 1 unspecified atom stereocenters. The normalized spacial score (nSPS) is 15.6. The molecule has 3 aromatic carbocycles. The van der Waals surface area contributed by atoms with Crippen LogP contribution >= 0.6 is 0 Å². The van der Waals surface area contributed by atoms with Gasteiger partial charge >= 0.3 is 6.18 Å². The minimum atomic E-state index is -4.48. The maximum Gasteiger partial charge on any atom is 0.416 e. The first-order valence-corrected chi connectivity index (χ1v) is 13.2. The van der Waals surface area contributed by atoms with E-state index in [1.165, 1.54) is 12.1 Å². The number of benzene rings is 3. The number of sulfonamides is 1. The van der Waals surface area contributed by atoms with Crippen LogP contribution in [0.15, 0.2) is 65.6 Å². The summed E-state index contributed by atoms with van der Waals surface area (Å²) in [5.74, 6) is -1.30. The van der Waals surface area contributed by atoms with E-state index in [1.807, 2.05) is 6.92 Å². The van der Waals surface area contributed by atoms with E-state index in [0.717, 1.165) is 22.0 Å². The molecule has 2 amide bonds. The molecule has 7 nitrogen and oxygen atoms in total. The van der Waals surface area contributed by atoms with Crippen LogP contribution in [0.2, 0.25) is 0 Å². The molecule has 0 spiro atoms. The van der Waals surface area contributed by atoms with Crippen molar-refractivity contribution in [1.82, 2.24) is 5.32 Å². The average Bonchev–Trinajstić information content (AvgIpc) is 2.82. The zero-order valence-corrected chi connectivity index (χ0v) is 21.7. The van der Waals surface area contributed by atoms with Crippen molar-refractivity contribution in [2.45, 2.75) is 50.9 Å². The standard InChI is InChI=1S/C27H26F3N3O4S/c1-16-12-17(2)25(18(3)13-16)38(36,37)33-22-7-5-4-6-21(22)32-26(35)23(33)14-24(34)31-15-19-8-10-20(11-9-19)27(28,29)30/h4-13,23H,14-15H2,1-3H3,(H,31,34)(H,32,35). The molecule has 1 aliphatic heterocycles. The molecule has 0 aliphatic carbocycles. The van der Waals surface area contributed by atoms with Crippen molar-refractivity contribution < 1.29 is 31.2 Å². The van der Waals surface area contributed by atoms with Crippen LogP contribution in [0.5, 0.6) is 0 Å². The highest BCUT2D eigenvalue weighted by molar-refractivity contribution is 7.93. The first kappa shape index (κ1) is 27.2. The third-order valence-corrected chi connectivity index (χ3v) is 8.39. The number of hydrogen-bond donors (Lipinski definition) is 2. The molecule has 0 saturated heterocycles. The Morgan fingerprint density at radius 3 is 2.21 bits per heavy atom. The number of rotatable bonds is 6. The molecule has 38 heavy (non-hydrogen) atoms. The van der Waals surface area contributed by atoms with Gasteiger partial charge in [0.2, 0.25) is 11.8 Å². The van der Waals surface area contributed by atoms with Crippen LogP contribution in [0.1, 0.15) is 34.2 Å². The second-order valence-electron chi connectivity index (χ2n) is 9.23.